The van der Waals surface area contributed by atoms with E-state index >= 15 is 0 Å². The number of aromatic nitrogens is 2. The van der Waals surface area contributed by atoms with E-state index < -0.39 is 0 Å². The van der Waals surface area contributed by atoms with E-state index in [4.69, 9.17) is 0 Å². The molecule has 0 aliphatic carbocycles. The third-order valence-corrected chi connectivity index (χ3v) is 8.36. The minimum absolute atomic E-state index is 0.0494. The molecule has 2 heterocycles. The summed E-state index contributed by atoms with van der Waals surface area (Å²) in [6, 6.07) is 24.9. The first-order valence-electron chi connectivity index (χ1n) is 12.7. The third-order valence-electron chi connectivity index (χ3n) is 6.35. The van der Waals surface area contributed by atoms with Gasteiger partial charge in [-0.1, -0.05) is 54.2 Å². The van der Waals surface area contributed by atoms with Gasteiger partial charge in [0.1, 0.15) is 16.3 Å². The predicted molar refractivity (Wildman–Crippen MR) is 162 cm³/mol. The number of thiazole rings is 1. The zero-order valence-corrected chi connectivity index (χ0v) is 23.9. The number of pyridine rings is 1. The van der Waals surface area contributed by atoms with Gasteiger partial charge in [-0.3, -0.25) is 4.79 Å². The maximum Gasteiger partial charge on any atom is 0.251 e. The summed E-state index contributed by atoms with van der Waals surface area (Å²) >= 11 is 2.69. The topological polar surface area (TPSA) is 98.6 Å². The largest absolute Gasteiger partial charge is 0.504 e. The summed E-state index contributed by atoms with van der Waals surface area (Å²) < 4.78 is 0. The van der Waals surface area contributed by atoms with Crippen LogP contribution in [0.25, 0.3) is 21.7 Å². The van der Waals surface area contributed by atoms with Gasteiger partial charge in [-0.25, -0.2) is 9.97 Å². The minimum atomic E-state index is -0.251. The highest BCUT2D eigenvalue weighted by atomic mass is 32.2. The fourth-order valence-corrected chi connectivity index (χ4v) is 6.03. The number of nitrogens with one attached hydrogen (secondary N) is 1. The molecule has 0 atom stereocenters. The van der Waals surface area contributed by atoms with Gasteiger partial charge >= 0.3 is 0 Å². The summed E-state index contributed by atoms with van der Waals surface area (Å²) in [5.41, 5.74) is 4.33. The number of hydrogen-bond donors (Lipinski definition) is 3. The lowest BCUT2D eigenvalue weighted by Crippen LogP contribution is -2.17. The van der Waals surface area contributed by atoms with Crippen molar-refractivity contribution < 1.29 is 15.0 Å². The lowest BCUT2D eigenvalue weighted by molar-refractivity contribution is 0.0963. The Balaban J connectivity index is 1.54. The molecule has 5 rings (SSSR count). The number of amides is 1. The molecule has 0 aliphatic heterocycles. The molecule has 0 fully saturated rings. The number of anilines is 2. The summed E-state index contributed by atoms with van der Waals surface area (Å²) in [6.45, 7) is 4.49. The fraction of sp³-hybridized carbons (Fsp3) is 0.129. The molecule has 0 radical (unpaired) electrons. The number of rotatable bonds is 8. The Hall–Kier alpha value is -4.34. The van der Waals surface area contributed by atoms with E-state index in [0.717, 1.165) is 31.6 Å². The van der Waals surface area contributed by atoms with Crippen LogP contribution in [0, 0.1) is 6.92 Å². The number of nitrogens with zero attached hydrogens (tertiary/aromatic N) is 3. The molecule has 0 unspecified atom stereocenters. The van der Waals surface area contributed by atoms with Gasteiger partial charge in [-0.2, -0.15) is 0 Å². The van der Waals surface area contributed by atoms with Crippen LogP contribution < -0.4 is 10.2 Å². The van der Waals surface area contributed by atoms with E-state index in [1.54, 1.807) is 19.3 Å². The fourth-order valence-electron chi connectivity index (χ4n) is 4.42. The van der Waals surface area contributed by atoms with Crippen molar-refractivity contribution in [1.82, 2.24) is 15.3 Å². The molecule has 202 valence electrons. The number of benzene rings is 3. The number of aryl methyl sites for hydroxylation is 1. The Bertz CT molecular complexity index is 1650. The first-order valence-corrected chi connectivity index (χ1v) is 14.3. The molecule has 5 aromatic rings. The van der Waals surface area contributed by atoms with Gasteiger partial charge in [0.15, 0.2) is 5.75 Å². The lowest BCUT2D eigenvalue weighted by atomic mass is 10.0. The van der Waals surface area contributed by atoms with Crippen molar-refractivity contribution >= 4 is 40.4 Å². The summed E-state index contributed by atoms with van der Waals surface area (Å²) in [6.07, 6.45) is 1.72. The maximum absolute atomic E-state index is 12.0. The molecule has 1 amide bonds. The van der Waals surface area contributed by atoms with Crippen molar-refractivity contribution in [1.29, 1.82) is 0 Å². The highest BCUT2D eigenvalue weighted by Gasteiger charge is 2.26. The second-order valence-electron chi connectivity index (χ2n) is 8.92. The molecule has 7 nitrogen and oxygen atoms in total. The SMILES string of the molecule is CCN(c1ccccc1)c1c(-c2cnc(C)s2)nc(O)c(Sc2ccc(-c3cccc(C(=O)NC)c3)cc2)c1O. The van der Waals surface area contributed by atoms with E-state index in [0.29, 0.717) is 23.5 Å². The molecule has 9 heteroatoms. The van der Waals surface area contributed by atoms with Gasteiger partial charge in [-0.15, -0.1) is 11.3 Å². The minimum Gasteiger partial charge on any atom is -0.504 e. The van der Waals surface area contributed by atoms with E-state index in [1.165, 1.54) is 23.1 Å². The van der Waals surface area contributed by atoms with Gasteiger partial charge in [0.05, 0.1) is 9.88 Å². The predicted octanol–water partition coefficient (Wildman–Crippen LogP) is 7.26. The van der Waals surface area contributed by atoms with Crippen LogP contribution in [0.4, 0.5) is 11.4 Å². The number of hydrogen-bond acceptors (Lipinski definition) is 8. The summed E-state index contributed by atoms with van der Waals surface area (Å²) in [5, 5.41) is 26.2. The Morgan fingerprint density at radius 1 is 1.00 bits per heavy atom. The average molecular weight is 569 g/mol. The van der Waals surface area contributed by atoms with Crippen LogP contribution in [0.15, 0.2) is 94.9 Å². The zero-order valence-electron chi connectivity index (χ0n) is 22.3. The van der Waals surface area contributed by atoms with Crippen molar-refractivity contribution in [3.63, 3.8) is 0 Å². The van der Waals surface area contributed by atoms with Crippen LogP contribution in [0.1, 0.15) is 22.3 Å². The summed E-state index contributed by atoms with van der Waals surface area (Å²) in [5.74, 6) is -0.442. The molecular weight excluding hydrogens is 541 g/mol. The standard InChI is InChI=1S/C31H28N4O3S2/c1-4-35(23-11-6-5-7-12-23)27-26(25-18-33-19(2)39-25)34-31(38)29(28(27)36)40-24-15-13-20(14-16-24)21-9-8-10-22(17-21)30(37)32-3/h5-18H,4H2,1-3H3,(H,32,37)(H2,34,36,38). The molecule has 0 saturated heterocycles. The van der Waals surface area contributed by atoms with Gasteiger partial charge in [0, 0.05) is 35.9 Å². The normalized spacial score (nSPS) is 10.9. The monoisotopic (exact) mass is 568 g/mol. The van der Waals surface area contributed by atoms with Crippen LogP contribution in [-0.2, 0) is 0 Å². The molecule has 40 heavy (non-hydrogen) atoms. The highest BCUT2D eigenvalue weighted by Crippen LogP contribution is 2.51. The van der Waals surface area contributed by atoms with Crippen molar-refractivity contribution in [3.05, 3.63) is 95.6 Å². The molecule has 3 aromatic carbocycles. The number of para-hydroxylation sites is 1. The number of aromatic hydroxyl groups is 2. The summed E-state index contributed by atoms with van der Waals surface area (Å²) in [4.78, 5) is 24.8. The van der Waals surface area contributed by atoms with Gasteiger partial charge in [-0.05, 0) is 61.4 Å². The molecule has 0 aliphatic rings. The lowest BCUT2D eigenvalue weighted by Gasteiger charge is -2.27. The Kier molecular flexibility index (Phi) is 8.04. The van der Waals surface area contributed by atoms with Crippen molar-refractivity contribution in [2.24, 2.45) is 0 Å². The van der Waals surface area contributed by atoms with Crippen molar-refractivity contribution in [3.8, 4) is 33.3 Å². The Morgan fingerprint density at radius 3 is 2.40 bits per heavy atom. The molecule has 2 aromatic heterocycles. The van der Waals surface area contributed by atoms with Gasteiger partial charge in [0.2, 0.25) is 5.88 Å². The smallest absolute Gasteiger partial charge is 0.251 e. The highest BCUT2D eigenvalue weighted by molar-refractivity contribution is 7.99. The molecule has 0 spiro atoms. The molecule has 0 saturated carbocycles. The van der Waals surface area contributed by atoms with E-state index in [2.05, 4.69) is 15.3 Å². The van der Waals surface area contributed by atoms with Crippen LogP contribution in [0.5, 0.6) is 11.6 Å². The van der Waals surface area contributed by atoms with Crippen LogP contribution in [0.2, 0.25) is 0 Å². The van der Waals surface area contributed by atoms with E-state index in [9.17, 15) is 15.0 Å². The first-order chi connectivity index (χ1) is 19.4. The van der Waals surface area contributed by atoms with E-state index in [1.807, 2.05) is 91.5 Å². The molecule has 3 N–H and O–H groups in total. The Labute approximate surface area is 241 Å². The van der Waals surface area contributed by atoms with Crippen molar-refractivity contribution in [2.75, 3.05) is 18.5 Å². The Morgan fingerprint density at radius 2 is 1.75 bits per heavy atom. The number of carbonyl (C=O) groups is 1. The van der Waals surface area contributed by atoms with Gasteiger partial charge in [0.25, 0.3) is 5.91 Å². The first kappa shape index (κ1) is 27.2. The molecular formula is C31H28N4O3S2. The van der Waals surface area contributed by atoms with E-state index in [-0.39, 0.29) is 22.4 Å². The summed E-state index contributed by atoms with van der Waals surface area (Å²) in [7, 11) is 1.61. The molecule has 0 bridgehead atoms. The van der Waals surface area contributed by atoms with Crippen LogP contribution in [-0.4, -0.2) is 39.7 Å². The van der Waals surface area contributed by atoms with Crippen LogP contribution in [0.3, 0.4) is 0 Å². The average Bonchev–Trinajstić information content (AvgIpc) is 3.43. The number of carbonyl (C=O) groups excluding carboxylic acids is 1. The maximum atomic E-state index is 12.0. The van der Waals surface area contributed by atoms with Crippen molar-refractivity contribution in [2.45, 2.75) is 23.6 Å². The second-order valence-corrected chi connectivity index (χ2v) is 11.2. The second kappa shape index (κ2) is 11.8. The van der Waals surface area contributed by atoms with Gasteiger partial charge < -0.3 is 20.4 Å². The van der Waals surface area contributed by atoms with Crippen LogP contribution >= 0.6 is 23.1 Å². The third kappa shape index (κ3) is 5.52. The zero-order chi connectivity index (χ0) is 28.2. The quantitative estimate of drug-likeness (QED) is 0.181.